The van der Waals surface area contributed by atoms with E-state index in [4.69, 9.17) is 29.3 Å². The molecule has 7 nitrogen and oxygen atoms in total. The molecule has 4 aromatic heterocycles. The first-order valence-electron chi connectivity index (χ1n) is 20.6. The Morgan fingerprint density at radius 3 is 1.50 bits per heavy atom. The van der Waals surface area contributed by atoms with E-state index in [1.807, 2.05) is 109 Å². The molecule has 0 fully saturated rings. The third kappa shape index (κ3) is 6.02. The Labute approximate surface area is 356 Å². The topological polar surface area (TPSA) is 82.5 Å². The summed E-state index contributed by atoms with van der Waals surface area (Å²) in [5.74, 6) is 2.34. The average molecular weight is 795 g/mol. The highest BCUT2D eigenvalue weighted by Gasteiger charge is 2.25. The van der Waals surface area contributed by atoms with Crippen molar-refractivity contribution in [3.63, 3.8) is 0 Å². The fraction of sp³-hybridized carbons (Fsp3) is 0. The Kier molecular flexibility index (Phi) is 8.35. The van der Waals surface area contributed by atoms with E-state index in [0.717, 1.165) is 94.1 Å². The van der Waals surface area contributed by atoms with Crippen LogP contribution in [0.4, 0.5) is 0 Å². The van der Waals surface area contributed by atoms with Crippen molar-refractivity contribution in [1.82, 2.24) is 29.5 Å². The quantitative estimate of drug-likeness (QED) is 0.160. The number of hydrogen-bond acceptors (Lipinski definition) is 6. The van der Waals surface area contributed by atoms with E-state index in [9.17, 15) is 0 Å². The van der Waals surface area contributed by atoms with E-state index in [1.165, 1.54) is 0 Å². The Morgan fingerprint density at radius 1 is 0.355 bits per heavy atom. The molecule has 7 heteroatoms. The van der Waals surface area contributed by atoms with E-state index < -0.39 is 0 Å². The molecule has 0 spiro atoms. The molecule has 290 valence electrons. The maximum absolute atomic E-state index is 6.87. The number of benzene rings is 8. The zero-order chi connectivity index (χ0) is 41.0. The van der Waals surface area contributed by atoms with Gasteiger partial charge in [0.25, 0.3) is 0 Å². The summed E-state index contributed by atoms with van der Waals surface area (Å²) in [6, 6.07) is 70.3. The van der Waals surface area contributed by atoms with Crippen LogP contribution in [0.2, 0.25) is 0 Å². The lowest BCUT2D eigenvalue weighted by atomic mass is 9.95. The molecule has 0 atom stereocenters. The lowest BCUT2D eigenvalue weighted by Crippen LogP contribution is -2.06. The molecular formula is C55H34N6O. The summed E-state index contributed by atoms with van der Waals surface area (Å²) in [5, 5.41) is 4.11. The van der Waals surface area contributed by atoms with Crippen LogP contribution in [0.5, 0.6) is 0 Å². The molecule has 0 unspecified atom stereocenters. The van der Waals surface area contributed by atoms with Gasteiger partial charge in [-0.3, -0.25) is 4.57 Å². The highest BCUT2D eigenvalue weighted by Crippen LogP contribution is 2.46. The zero-order valence-corrected chi connectivity index (χ0v) is 33.2. The molecule has 4 heterocycles. The van der Waals surface area contributed by atoms with Crippen LogP contribution in [0.3, 0.4) is 0 Å². The lowest BCUT2D eigenvalue weighted by molar-refractivity contribution is 0.670. The predicted molar refractivity (Wildman–Crippen MR) is 250 cm³/mol. The molecule has 12 aromatic rings. The van der Waals surface area contributed by atoms with Gasteiger partial charge in [0.2, 0.25) is 5.95 Å². The summed E-state index contributed by atoms with van der Waals surface area (Å²) in [5.41, 5.74) is 11.9. The molecule has 0 saturated heterocycles. The Balaban J connectivity index is 1.14. The van der Waals surface area contributed by atoms with E-state index in [1.54, 1.807) is 0 Å². The van der Waals surface area contributed by atoms with Crippen molar-refractivity contribution >= 4 is 43.7 Å². The molecule has 0 saturated carbocycles. The van der Waals surface area contributed by atoms with Gasteiger partial charge in [0.1, 0.15) is 11.1 Å². The molecular weight excluding hydrogens is 761 g/mol. The number of furan rings is 1. The summed E-state index contributed by atoms with van der Waals surface area (Å²) in [7, 11) is 0. The summed E-state index contributed by atoms with van der Waals surface area (Å²) < 4.78 is 9.03. The average Bonchev–Trinajstić information content (AvgIpc) is 3.91. The normalized spacial score (nSPS) is 11.5. The van der Waals surface area contributed by atoms with Crippen LogP contribution in [0.15, 0.2) is 211 Å². The second kappa shape index (κ2) is 14.6. The Hall–Kier alpha value is -8.55. The van der Waals surface area contributed by atoms with Crippen molar-refractivity contribution in [2.45, 2.75) is 0 Å². The second-order valence-electron chi connectivity index (χ2n) is 15.3. The maximum Gasteiger partial charge on any atom is 0.238 e. The van der Waals surface area contributed by atoms with Crippen LogP contribution >= 0.6 is 0 Å². The van der Waals surface area contributed by atoms with Gasteiger partial charge in [-0.15, -0.1) is 0 Å². The molecule has 8 aromatic carbocycles. The standard InChI is InChI=1S/C55H34N6O/c1-5-18-35(19-6-1)45-34-46(57-52(56-45)36-20-7-2-8-21-36)40-27-17-26-39(32-40)43-33-44-41-28-14-16-31-48(41)62-51(44)50-49(43)42-29-13-15-30-47(42)61(50)55-59-53(37-22-9-3-10-23-37)58-54(60-55)38-24-11-4-12-25-38/h1-34H. The van der Waals surface area contributed by atoms with Crippen LogP contribution in [-0.4, -0.2) is 29.5 Å². The summed E-state index contributed by atoms with van der Waals surface area (Å²) in [6.07, 6.45) is 0. The molecule has 0 radical (unpaired) electrons. The van der Waals surface area contributed by atoms with Gasteiger partial charge in [0, 0.05) is 49.4 Å². The summed E-state index contributed by atoms with van der Waals surface area (Å²) >= 11 is 0. The molecule has 0 aliphatic carbocycles. The Morgan fingerprint density at radius 2 is 0.855 bits per heavy atom. The first kappa shape index (κ1) is 35.4. The number of fused-ring (bicyclic) bond motifs is 7. The molecule has 0 aliphatic heterocycles. The molecule has 0 aliphatic rings. The van der Waals surface area contributed by atoms with Crippen LogP contribution in [-0.2, 0) is 0 Å². The van der Waals surface area contributed by atoms with Gasteiger partial charge in [0.05, 0.1) is 16.9 Å². The van der Waals surface area contributed by atoms with Gasteiger partial charge in [-0.25, -0.2) is 15.0 Å². The number of aromatic nitrogens is 6. The fourth-order valence-corrected chi connectivity index (χ4v) is 8.58. The van der Waals surface area contributed by atoms with Crippen molar-refractivity contribution in [1.29, 1.82) is 0 Å². The first-order chi connectivity index (χ1) is 30.7. The molecule has 0 bridgehead atoms. The van der Waals surface area contributed by atoms with Crippen LogP contribution < -0.4 is 0 Å². The van der Waals surface area contributed by atoms with Gasteiger partial charge in [-0.1, -0.05) is 176 Å². The second-order valence-corrected chi connectivity index (χ2v) is 15.3. The predicted octanol–water partition coefficient (Wildman–Crippen LogP) is 13.7. The Bertz CT molecular complexity index is 3510. The minimum atomic E-state index is 0.499. The van der Waals surface area contributed by atoms with E-state index in [-0.39, 0.29) is 0 Å². The molecule has 0 amide bonds. The van der Waals surface area contributed by atoms with Crippen molar-refractivity contribution in [3.8, 4) is 73.8 Å². The van der Waals surface area contributed by atoms with Crippen LogP contribution in [0.25, 0.3) is 117 Å². The third-order valence-corrected chi connectivity index (χ3v) is 11.5. The minimum absolute atomic E-state index is 0.499. The molecule has 12 rings (SSSR count). The smallest absolute Gasteiger partial charge is 0.238 e. The monoisotopic (exact) mass is 794 g/mol. The maximum atomic E-state index is 6.87. The van der Waals surface area contributed by atoms with Gasteiger partial charge < -0.3 is 4.42 Å². The van der Waals surface area contributed by atoms with Crippen molar-refractivity contribution in [2.24, 2.45) is 0 Å². The number of para-hydroxylation sites is 2. The minimum Gasteiger partial charge on any atom is -0.454 e. The SMILES string of the molecule is c1ccc(-c2cc(-c3cccc(-c4cc5c6ccccc6oc5c5c4c4ccccc4n5-c4nc(-c5ccccc5)nc(-c5ccccc5)n4)c3)nc(-c3ccccc3)n2)cc1. The highest BCUT2D eigenvalue weighted by atomic mass is 16.3. The molecule has 62 heavy (non-hydrogen) atoms. The first-order valence-corrected chi connectivity index (χ1v) is 20.6. The number of hydrogen-bond donors (Lipinski definition) is 0. The van der Waals surface area contributed by atoms with Crippen LogP contribution in [0.1, 0.15) is 0 Å². The lowest BCUT2D eigenvalue weighted by Gasteiger charge is -2.12. The number of nitrogens with zero attached hydrogens (tertiary/aromatic N) is 6. The van der Waals surface area contributed by atoms with Crippen molar-refractivity contribution in [2.75, 3.05) is 0 Å². The van der Waals surface area contributed by atoms with E-state index >= 15 is 0 Å². The van der Waals surface area contributed by atoms with Gasteiger partial charge in [-0.05, 0) is 41.5 Å². The molecule has 0 N–H and O–H groups in total. The van der Waals surface area contributed by atoms with Gasteiger partial charge in [-0.2, -0.15) is 9.97 Å². The highest BCUT2D eigenvalue weighted by molar-refractivity contribution is 6.26. The van der Waals surface area contributed by atoms with E-state index in [0.29, 0.717) is 23.4 Å². The van der Waals surface area contributed by atoms with E-state index in [2.05, 4.69) is 102 Å². The van der Waals surface area contributed by atoms with Gasteiger partial charge >= 0.3 is 0 Å². The zero-order valence-electron chi connectivity index (χ0n) is 33.2. The number of rotatable bonds is 7. The van der Waals surface area contributed by atoms with Gasteiger partial charge in [0.15, 0.2) is 23.1 Å². The largest absolute Gasteiger partial charge is 0.454 e. The summed E-state index contributed by atoms with van der Waals surface area (Å²) in [4.78, 5) is 25.7. The third-order valence-electron chi connectivity index (χ3n) is 11.5. The van der Waals surface area contributed by atoms with Crippen LogP contribution in [0, 0.1) is 0 Å². The summed E-state index contributed by atoms with van der Waals surface area (Å²) in [6.45, 7) is 0. The van der Waals surface area contributed by atoms with Crippen molar-refractivity contribution < 1.29 is 4.42 Å². The van der Waals surface area contributed by atoms with Crippen molar-refractivity contribution in [3.05, 3.63) is 206 Å². The fourth-order valence-electron chi connectivity index (χ4n) is 8.58.